The molecule has 98 valence electrons. The molecule has 1 nitrogen and oxygen atoms in total. The minimum Gasteiger partial charge on any atom is -0.294 e. The van der Waals surface area contributed by atoms with Crippen LogP contribution in [0.4, 0.5) is 8.78 Å². The molecular weight excluding hydrogens is 281 g/mol. The predicted octanol–water partition coefficient (Wildman–Crippen LogP) is 5.00. The number of hydrogen-bond acceptors (Lipinski definition) is 1. The Morgan fingerprint density at radius 3 is 2.44 bits per heavy atom. The molecule has 2 rings (SSSR count). The van der Waals surface area contributed by atoms with Gasteiger partial charge >= 0.3 is 0 Å². The number of alkyl halides is 2. The Hall–Kier alpha value is -0.670. The van der Waals surface area contributed by atoms with Crippen LogP contribution in [0.5, 0.6) is 0 Å². The number of benzene rings is 1. The van der Waals surface area contributed by atoms with Crippen molar-refractivity contribution in [1.82, 2.24) is 0 Å². The molecule has 1 aromatic carbocycles. The van der Waals surface area contributed by atoms with Gasteiger partial charge in [-0.2, -0.15) is 0 Å². The van der Waals surface area contributed by atoms with Crippen LogP contribution in [-0.2, 0) is 0 Å². The highest BCUT2D eigenvalue weighted by atomic mass is 35.5. The van der Waals surface area contributed by atoms with Crippen molar-refractivity contribution >= 4 is 29.0 Å². The smallest absolute Gasteiger partial charge is 0.248 e. The lowest BCUT2D eigenvalue weighted by atomic mass is 9.82. The molecule has 0 atom stereocenters. The summed E-state index contributed by atoms with van der Waals surface area (Å²) in [4.78, 5) is 12.2. The van der Waals surface area contributed by atoms with Gasteiger partial charge in [-0.25, -0.2) is 8.78 Å². The molecule has 0 saturated heterocycles. The molecule has 0 amide bonds. The average molecular weight is 293 g/mol. The van der Waals surface area contributed by atoms with Gasteiger partial charge in [0.2, 0.25) is 5.92 Å². The monoisotopic (exact) mass is 292 g/mol. The quantitative estimate of drug-likeness (QED) is 0.701. The maximum Gasteiger partial charge on any atom is 0.248 e. The molecule has 1 aromatic rings. The lowest BCUT2D eigenvalue weighted by molar-refractivity contribution is -0.0424. The Labute approximate surface area is 114 Å². The van der Waals surface area contributed by atoms with Crippen LogP contribution in [-0.4, -0.2) is 11.7 Å². The van der Waals surface area contributed by atoms with Gasteiger partial charge in [-0.1, -0.05) is 29.3 Å². The van der Waals surface area contributed by atoms with Crippen molar-refractivity contribution < 1.29 is 13.6 Å². The van der Waals surface area contributed by atoms with Crippen molar-refractivity contribution in [2.24, 2.45) is 5.92 Å². The van der Waals surface area contributed by atoms with Crippen molar-refractivity contribution in [1.29, 1.82) is 0 Å². The first-order valence-electron chi connectivity index (χ1n) is 5.77. The zero-order valence-corrected chi connectivity index (χ0v) is 11.1. The molecule has 1 fully saturated rings. The van der Waals surface area contributed by atoms with E-state index in [0.29, 0.717) is 10.6 Å². The van der Waals surface area contributed by atoms with E-state index in [2.05, 4.69) is 0 Å². The number of carbonyl (C=O) groups excluding carboxylic acids is 1. The van der Waals surface area contributed by atoms with Gasteiger partial charge in [0.1, 0.15) is 0 Å². The standard InChI is InChI=1S/C13H12Cl2F2O/c14-10-3-1-2-9(11(10)15)12(18)8-4-6-13(16,17)7-5-8/h1-3,8H,4-7H2. The summed E-state index contributed by atoms with van der Waals surface area (Å²) in [5, 5.41) is 0.519. The van der Waals surface area contributed by atoms with Gasteiger partial charge in [0.15, 0.2) is 5.78 Å². The van der Waals surface area contributed by atoms with E-state index in [1.165, 1.54) is 0 Å². The maximum absolute atomic E-state index is 13.0. The molecule has 1 aliphatic rings. The zero-order chi connectivity index (χ0) is 13.3. The van der Waals surface area contributed by atoms with Crippen molar-refractivity contribution in [3.63, 3.8) is 0 Å². The van der Waals surface area contributed by atoms with Crippen molar-refractivity contribution in [2.45, 2.75) is 31.6 Å². The van der Waals surface area contributed by atoms with E-state index in [1.54, 1.807) is 18.2 Å². The van der Waals surface area contributed by atoms with Gasteiger partial charge in [0, 0.05) is 24.3 Å². The summed E-state index contributed by atoms with van der Waals surface area (Å²) in [7, 11) is 0. The number of ketones is 1. The van der Waals surface area contributed by atoms with E-state index in [1.807, 2.05) is 0 Å². The summed E-state index contributed by atoms with van der Waals surface area (Å²) in [6.45, 7) is 0. The number of hydrogen-bond donors (Lipinski definition) is 0. The van der Waals surface area contributed by atoms with Gasteiger partial charge in [0.25, 0.3) is 0 Å². The molecule has 1 saturated carbocycles. The molecular formula is C13H12Cl2F2O. The number of rotatable bonds is 2. The zero-order valence-electron chi connectivity index (χ0n) is 9.56. The van der Waals surface area contributed by atoms with Crippen molar-refractivity contribution in [3.05, 3.63) is 33.8 Å². The topological polar surface area (TPSA) is 17.1 Å². The van der Waals surface area contributed by atoms with Crippen LogP contribution in [0.3, 0.4) is 0 Å². The third-order valence-corrected chi connectivity index (χ3v) is 4.12. The summed E-state index contributed by atoms with van der Waals surface area (Å²) < 4.78 is 26.1. The third-order valence-electron chi connectivity index (χ3n) is 3.30. The Balaban J connectivity index is 2.15. The van der Waals surface area contributed by atoms with Gasteiger partial charge in [-0.3, -0.25) is 4.79 Å². The molecule has 0 aromatic heterocycles. The van der Waals surface area contributed by atoms with E-state index in [0.717, 1.165) is 0 Å². The fourth-order valence-electron chi connectivity index (χ4n) is 2.22. The fraction of sp³-hybridized carbons (Fsp3) is 0.462. The minimum atomic E-state index is -2.63. The third kappa shape index (κ3) is 2.83. The van der Waals surface area contributed by atoms with E-state index >= 15 is 0 Å². The second-order valence-electron chi connectivity index (χ2n) is 4.60. The highest BCUT2D eigenvalue weighted by Crippen LogP contribution is 2.38. The molecule has 0 unspecified atom stereocenters. The summed E-state index contributed by atoms with van der Waals surface area (Å²) in [6.07, 6.45) is -0.0630. The molecule has 0 spiro atoms. The molecule has 0 radical (unpaired) electrons. The molecule has 0 N–H and O–H groups in total. The van der Waals surface area contributed by atoms with E-state index in [4.69, 9.17) is 23.2 Å². The summed E-state index contributed by atoms with van der Waals surface area (Å²) >= 11 is 11.8. The largest absolute Gasteiger partial charge is 0.294 e. The number of Topliss-reactive ketones (excluding diaryl/α,β-unsaturated/α-hetero) is 1. The first kappa shape index (κ1) is 13.8. The van der Waals surface area contributed by atoms with Crippen LogP contribution in [0.15, 0.2) is 18.2 Å². The van der Waals surface area contributed by atoms with E-state index < -0.39 is 5.92 Å². The number of carbonyl (C=O) groups is 1. The van der Waals surface area contributed by atoms with Gasteiger partial charge in [-0.15, -0.1) is 0 Å². The first-order valence-corrected chi connectivity index (χ1v) is 6.52. The van der Waals surface area contributed by atoms with Crippen LogP contribution in [0.25, 0.3) is 0 Å². The lowest BCUT2D eigenvalue weighted by Crippen LogP contribution is -2.28. The number of halogens is 4. The molecule has 1 aliphatic carbocycles. The van der Waals surface area contributed by atoms with Crippen LogP contribution in [0, 0.1) is 5.92 Å². The van der Waals surface area contributed by atoms with Crippen molar-refractivity contribution in [2.75, 3.05) is 0 Å². The normalized spacial score (nSPS) is 19.8. The molecule has 0 bridgehead atoms. The van der Waals surface area contributed by atoms with Crippen LogP contribution >= 0.6 is 23.2 Å². The van der Waals surface area contributed by atoms with Crippen LogP contribution < -0.4 is 0 Å². The van der Waals surface area contributed by atoms with Crippen molar-refractivity contribution in [3.8, 4) is 0 Å². The second-order valence-corrected chi connectivity index (χ2v) is 5.38. The second kappa shape index (κ2) is 5.14. The Bertz CT molecular complexity index is 464. The highest BCUT2D eigenvalue weighted by molar-refractivity contribution is 6.43. The van der Waals surface area contributed by atoms with E-state index in [-0.39, 0.29) is 42.4 Å². The Morgan fingerprint density at radius 1 is 1.22 bits per heavy atom. The SMILES string of the molecule is O=C(c1cccc(Cl)c1Cl)C1CCC(F)(F)CC1. The molecule has 5 heteroatoms. The Kier molecular flexibility index (Phi) is 3.93. The first-order chi connectivity index (χ1) is 8.41. The molecule has 18 heavy (non-hydrogen) atoms. The summed E-state index contributed by atoms with van der Waals surface area (Å²) in [5.41, 5.74) is 0.333. The molecule has 0 heterocycles. The summed E-state index contributed by atoms with van der Waals surface area (Å²) in [6, 6.07) is 4.82. The predicted molar refractivity (Wildman–Crippen MR) is 67.7 cm³/mol. The van der Waals surface area contributed by atoms with E-state index in [9.17, 15) is 13.6 Å². The van der Waals surface area contributed by atoms with Gasteiger partial charge < -0.3 is 0 Å². The van der Waals surface area contributed by atoms with Crippen LogP contribution in [0.2, 0.25) is 10.0 Å². The Morgan fingerprint density at radius 2 is 1.83 bits per heavy atom. The van der Waals surface area contributed by atoms with Gasteiger partial charge in [0.05, 0.1) is 10.0 Å². The summed E-state index contributed by atoms with van der Waals surface area (Å²) in [5.74, 6) is -3.19. The molecule has 0 aliphatic heterocycles. The van der Waals surface area contributed by atoms with Gasteiger partial charge in [-0.05, 0) is 25.0 Å². The minimum absolute atomic E-state index is 0.182. The lowest BCUT2D eigenvalue weighted by Gasteiger charge is -2.27. The van der Waals surface area contributed by atoms with Crippen LogP contribution in [0.1, 0.15) is 36.0 Å². The highest BCUT2D eigenvalue weighted by Gasteiger charge is 2.37. The average Bonchev–Trinajstić information content (AvgIpc) is 2.32. The maximum atomic E-state index is 13.0. The fourth-order valence-corrected chi connectivity index (χ4v) is 2.61.